The fourth-order valence-electron chi connectivity index (χ4n) is 2.35. The first-order valence-corrected chi connectivity index (χ1v) is 9.09. The minimum absolute atomic E-state index is 0.189. The van der Waals surface area contributed by atoms with Crippen LogP contribution in [0.2, 0.25) is 0 Å². The summed E-state index contributed by atoms with van der Waals surface area (Å²) in [7, 11) is -4.09. The van der Waals surface area contributed by atoms with E-state index >= 15 is 0 Å². The lowest BCUT2D eigenvalue weighted by atomic mass is 9.97. The summed E-state index contributed by atoms with van der Waals surface area (Å²) in [6.07, 6.45) is 3.84. The number of carboxylic acids is 2. The summed E-state index contributed by atoms with van der Waals surface area (Å²) in [4.78, 5) is 21.5. The molecular weight excluding hydrogens is 312 g/mol. The van der Waals surface area contributed by atoms with Crippen molar-refractivity contribution in [3.63, 3.8) is 0 Å². The second-order valence-corrected chi connectivity index (χ2v) is 7.25. The second kappa shape index (κ2) is 10.6. The van der Waals surface area contributed by atoms with Gasteiger partial charge in [-0.2, -0.15) is 8.42 Å². The first kappa shape index (κ1) is 20.9. The van der Waals surface area contributed by atoms with E-state index in [0.717, 1.165) is 19.3 Å². The lowest BCUT2D eigenvalue weighted by molar-refractivity contribution is -0.148. The monoisotopic (exact) mass is 338 g/mol. The number of hydrogen-bond donors (Lipinski definition) is 3. The maximum absolute atomic E-state index is 11.3. The highest BCUT2D eigenvalue weighted by Crippen LogP contribution is 2.20. The molecule has 2 atom stereocenters. The van der Waals surface area contributed by atoms with Crippen LogP contribution < -0.4 is 0 Å². The van der Waals surface area contributed by atoms with E-state index in [1.165, 1.54) is 0 Å². The summed E-state index contributed by atoms with van der Waals surface area (Å²) < 4.78 is 31.8. The average Bonchev–Trinajstić information content (AvgIpc) is 2.38. The summed E-state index contributed by atoms with van der Waals surface area (Å²) in [6, 6.07) is 0. The van der Waals surface area contributed by atoms with Crippen molar-refractivity contribution in [1.29, 1.82) is 0 Å². The average molecular weight is 338 g/mol. The molecular formula is C14H26O7S. The van der Waals surface area contributed by atoms with E-state index in [1.54, 1.807) is 0 Å². The van der Waals surface area contributed by atoms with Gasteiger partial charge in [0.2, 0.25) is 0 Å². The number of carboxylic acid groups (broad SMARTS) is 2. The Bertz CT molecular complexity index is 444. The van der Waals surface area contributed by atoms with Gasteiger partial charge in [0.05, 0.1) is 17.6 Å². The molecule has 0 spiro atoms. The molecule has 0 aromatic rings. The molecule has 0 saturated carbocycles. The van der Waals surface area contributed by atoms with Gasteiger partial charge >= 0.3 is 11.9 Å². The van der Waals surface area contributed by atoms with Crippen molar-refractivity contribution in [1.82, 2.24) is 0 Å². The smallest absolute Gasteiger partial charge is 0.307 e. The molecule has 3 N–H and O–H groups in total. The summed E-state index contributed by atoms with van der Waals surface area (Å²) in [5.41, 5.74) is 0. The zero-order valence-corrected chi connectivity index (χ0v) is 13.7. The Kier molecular flexibility index (Phi) is 10.0. The molecule has 0 rings (SSSR count). The van der Waals surface area contributed by atoms with Gasteiger partial charge in [0.1, 0.15) is 0 Å². The zero-order valence-electron chi connectivity index (χ0n) is 12.9. The van der Waals surface area contributed by atoms with Gasteiger partial charge in [0.15, 0.2) is 0 Å². The summed E-state index contributed by atoms with van der Waals surface area (Å²) in [5, 5.41) is 16.7. The standard InChI is InChI=1S/C14H26O7S/c1-2-3-4-8-12(22(19,20)21)9-6-5-7-11(14(17)18)10-13(15)16/h11-12H,2-10H2,1H3,(H,15,16)(H,17,18)(H,19,20,21). The van der Waals surface area contributed by atoms with Crippen molar-refractivity contribution in [2.75, 3.05) is 0 Å². The Hall–Kier alpha value is -1.15. The topological polar surface area (TPSA) is 129 Å². The van der Waals surface area contributed by atoms with Gasteiger partial charge in [-0.25, -0.2) is 0 Å². The van der Waals surface area contributed by atoms with E-state index in [9.17, 15) is 22.6 Å². The molecule has 0 heterocycles. The largest absolute Gasteiger partial charge is 0.481 e. The number of unbranched alkanes of at least 4 members (excludes halogenated alkanes) is 3. The molecule has 130 valence electrons. The first-order valence-electron chi connectivity index (χ1n) is 7.59. The van der Waals surface area contributed by atoms with Gasteiger partial charge < -0.3 is 10.2 Å². The molecule has 0 aliphatic carbocycles. The third kappa shape index (κ3) is 9.73. The Morgan fingerprint density at radius 2 is 1.45 bits per heavy atom. The molecule has 0 radical (unpaired) electrons. The Labute approximate surface area is 131 Å². The van der Waals surface area contributed by atoms with Crippen LogP contribution in [0.5, 0.6) is 0 Å². The first-order chi connectivity index (χ1) is 10.2. The second-order valence-electron chi connectivity index (χ2n) is 5.55. The fraction of sp³-hybridized carbons (Fsp3) is 0.857. The number of hydrogen-bond acceptors (Lipinski definition) is 4. The maximum atomic E-state index is 11.3. The van der Waals surface area contributed by atoms with Crippen molar-refractivity contribution in [2.24, 2.45) is 5.92 Å². The molecule has 0 saturated heterocycles. The van der Waals surface area contributed by atoms with E-state index in [2.05, 4.69) is 0 Å². The molecule has 8 heteroatoms. The predicted molar refractivity (Wildman–Crippen MR) is 81.3 cm³/mol. The van der Waals surface area contributed by atoms with Gasteiger partial charge in [-0.05, 0) is 19.3 Å². The van der Waals surface area contributed by atoms with Crippen LogP contribution >= 0.6 is 0 Å². The van der Waals surface area contributed by atoms with E-state index in [0.29, 0.717) is 19.3 Å². The minimum Gasteiger partial charge on any atom is -0.481 e. The van der Waals surface area contributed by atoms with Crippen LogP contribution in [-0.2, 0) is 19.7 Å². The van der Waals surface area contributed by atoms with Crippen molar-refractivity contribution in [2.45, 2.75) is 70.0 Å². The lowest BCUT2D eigenvalue weighted by Crippen LogP contribution is -2.21. The van der Waals surface area contributed by atoms with E-state index < -0.39 is 39.6 Å². The minimum atomic E-state index is -4.09. The van der Waals surface area contributed by atoms with Gasteiger partial charge in [-0.1, -0.05) is 39.0 Å². The highest BCUT2D eigenvalue weighted by molar-refractivity contribution is 7.86. The van der Waals surface area contributed by atoms with Crippen molar-refractivity contribution in [3.8, 4) is 0 Å². The van der Waals surface area contributed by atoms with E-state index in [1.807, 2.05) is 6.92 Å². The van der Waals surface area contributed by atoms with E-state index in [-0.39, 0.29) is 12.8 Å². The SMILES string of the molecule is CCCCCC(CCCCC(CC(=O)O)C(=O)O)S(=O)(=O)O. The quantitative estimate of drug-likeness (QED) is 0.347. The van der Waals surface area contributed by atoms with Crippen molar-refractivity contribution in [3.05, 3.63) is 0 Å². The third-order valence-electron chi connectivity index (χ3n) is 3.65. The van der Waals surface area contributed by atoms with E-state index in [4.69, 9.17) is 10.2 Å². The number of aliphatic carboxylic acids is 2. The van der Waals surface area contributed by atoms with Crippen molar-refractivity contribution >= 4 is 22.1 Å². The lowest BCUT2D eigenvalue weighted by Gasteiger charge is -2.14. The molecule has 7 nitrogen and oxygen atoms in total. The molecule has 0 bridgehead atoms. The van der Waals surface area contributed by atoms with Crippen LogP contribution in [0.1, 0.15) is 64.7 Å². The molecule has 0 fully saturated rings. The summed E-state index contributed by atoms with van der Waals surface area (Å²) in [5.74, 6) is -3.28. The number of carbonyl (C=O) groups is 2. The van der Waals surface area contributed by atoms with Crippen LogP contribution in [-0.4, -0.2) is 40.4 Å². The normalized spacial score (nSPS) is 14.5. The van der Waals surface area contributed by atoms with Crippen LogP contribution in [0.25, 0.3) is 0 Å². The highest BCUT2D eigenvalue weighted by Gasteiger charge is 2.23. The number of rotatable bonds is 13. The Balaban J connectivity index is 4.26. The molecule has 0 aromatic heterocycles. The van der Waals surface area contributed by atoms with Crippen LogP contribution in [0.4, 0.5) is 0 Å². The van der Waals surface area contributed by atoms with Crippen molar-refractivity contribution < 1.29 is 32.8 Å². The third-order valence-corrected chi connectivity index (χ3v) is 4.96. The van der Waals surface area contributed by atoms with Crippen LogP contribution in [0, 0.1) is 5.92 Å². The fourth-order valence-corrected chi connectivity index (χ4v) is 3.28. The van der Waals surface area contributed by atoms with Gasteiger partial charge in [0, 0.05) is 0 Å². The van der Waals surface area contributed by atoms with Crippen LogP contribution in [0.3, 0.4) is 0 Å². The molecule has 22 heavy (non-hydrogen) atoms. The van der Waals surface area contributed by atoms with Gasteiger partial charge in [-0.3, -0.25) is 14.1 Å². The molecule has 0 amide bonds. The summed E-state index contributed by atoms with van der Waals surface area (Å²) in [6.45, 7) is 2.00. The van der Waals surface area contributed by atoms with Crippen LogP contribution in [0.15, 0.2) is 0 Å². The van der Waals surface area contributed by atoms with Gasteiger partial charge in [0.25, 0.3) is 10.1 Å². The summed E-state index contributed by atoms with van der Waals surface area (Å²) >= 11 is 0. The molecule has 0 aromatic carbocycles. The molecule has 2 unspecified atom stereocenters. The Morgan fingerprint density at radius 3 is 1.86 bits per heavy atom. The maximum Gasteiger partial charge on any atom is 0.307 e. The molecule has 0 aliphatic heterocycles. The highest BCUT2D eigenvalue weighted by atomic mass is 32.2. The zero-order chi connectivity index (χ0) is 17.2. The predicted octanol–water partition coefficient (Wildman–Crippen LogP) is 2.56. The molecule has 0 aliphatic rings. The Morgan fingerprint density at radius 1 is 0.955 bits per heavy atom. The van der Waals surface area contributed by atoms with Gasteiger partial charge in [-0.15, -0.1) is 0 Å².